The largest absolute Gasteiger partial charge is 0.374 e. The molecule has 0 atom stereocenters. The second-order valence-electron chi connectivity index (χ2n) is 4.38. The quantitative estimate of drug-likeness (QED) is 0.888. The van der Waals surface area contributed by atoms with Crippen molar-refractivity contribution in [3.05, 3.63) is 40.5 Å². The lowest BCUT2D eigenvalue weighted by Gasteiger charge is -2.16. The molecule has 0 aliphatic heterocycles. The fourth-order valence-corrected chi connectivity index (χ4v) is 2.59. The molecule has 0 aliphatic rings. The number of hydrogen-bond donors (Lipinski definition) is 1. The number of nitrogens with zero attached hydrogens (tertiary/aromatic N) is 3. The smallest absolute Gasteiger partial charge is 0.134 e. The topological polar surface area (TPSA) is 41.1 Å². The predicted molar refractivity (Wildman–Crippen MR) is 80.7 cm³/mol. The Balaban J connectivity index is 1.95. The average molecular weight is 297 g/mol. The van der Waals surface area contributed by atoms with Crippen LogP contribution in [0.4, 0.5) is 5.00 Å². The van der Waals surface area contributed by atoms with Gasteiger partial charge in [0.25, 0.3) is 0 Å². The second-order valence-corrected chi connectivity index (χ2v) is 5.57. The molecule has 0 saturated heterocycles. The molecule has 0 bridgehead atoms. The van der Waals surface area contributed by atoms with Crippen LogP contribution in [0.25, 0.3) is 0 Å². The van der Waals surface area contributed by atoms with Gasteiger partial charge in [-0.2, -0.15) is 0 Å². The Morgan fingerprint density at radius 3 is 2.68 bits per heavy atom. The van der Waals surface area contributed by atoms with E-state index in [1.807, 2.05) is 24.3 Å². The van der Waals surface area contributed by atoms with E-state index in [2.05, 4.69) is 33.8 Å². The monoisotopic (exact) mass is 296 g/mol. The third kappa shape index (κ3) is 4.16. The molecular weight excluding hydrogens is 280 g/mol. The van der Waals surface area contributed by atoms with Gasteiger partial charge in [-0.05, 0) is 31.7 Å². The zero-order chi connectivity index (χ0) is 13.7. The molecule has 4 nitrogen and oxygen atoms in total. The highest BCUT2D eigenvalue weighted by molar-refractivity contribution is 7.10. The number of nitrogens with one attached hydrogen (secondary N) is 1. The molecule has 1 N–H and O–H groups in total. The van der Waals surface area contributed by atoms with Crippen molar-refractivity contribution in [2.75, 3.05) is 18.9 Å². The fourth-order valence-electron chi connectivity index (χ4n) is 1.82. The highest BCUT2D eigenvalue weighted by atomic mass is 35.5. The lowest BCUT2D eigenvalue weighted by Crippen LogP contribution is -2.18. The third-order valence-electron chi connectivity index (χ3n) is 2.68. The average Bonchev–Trinajstić information content (AvgIpc) is 2.80. The van der Waals surface area contributed by atoms with Crippen molar-refractivity contribution in [1.29, 1.82) is 0 Å². The maximum Gasteiger partial charge on any atom is 0.134 e. The van der Waals surface area contributed by atoms with E-state index in [-0.39, 0.29) is 0 Å². The van der Waals surface area contributed by atoms with Gasteiger partial charge in [0.15, 0.2) is 0 Å². The molecular formula is C13H17ClN4S. The van der Waals surface area contributed by atoms with Gasteiger partial charge >= 0.3 is 0 Å². The van der Waals surface area contributed by atoms with Gasteiger partial charge in [0.1, 0.15) is 10.7 Å². The highest BCUT2D eigenvalue weighted by Gasteiger charge is 2.10. The van der Waals surface area contributed by atoms with E-state index in [4.69, 9.17) is 11.6 Å². The molecule has 0 fully saturated rings. The molecule has 0 aliphatic carbocycles. The zero-order valence-electron chi connectivity index (χ0n) is 11.1. The minimum absolute atomic E-state index is 0.768. The minimum atomic E-state index is 0.768. The first kappa shape index (κ1) is 14.2. The van der Waals surface area contributed by atoms with Gasteiger partial charge in [0.2, 0.25) is 0 Å². The van der Waals surface area contributed by atoms with Gasteiger partial charge in [0.05, 0.1) is 0 Å². The first-order chi connectivity index (χ1) is 9.19. The fraction of sp³-hybridized carbons (Fsp3) is 0.385. The van der Waals surface area contributed by atoms with Gasteiger partial charge in [-0.3, -0.25) is 4.90 Å². The summed E-state index contributed by atoms with van der Waals surface area (Å²) >= 11 is 7.29. The molecule has 1 heterocycles. The summed E-state index contributed by atoms with van der Waals surface area (Å²) in [5.74, 6) is 0. The minimum Gasteiger partial charge on any atom is -0.374 e. The Morgan fingerprint density at radius 1 is 1.26 bits per heavy atom. The van der Waals surface area contributed by atoms with E-state index < -0.39 is 0 Å². The van der Waals surface area contributed by atoms with Crippen LogP contribution in [0.15, 0.2) is 24.3 Å². The maximum absolute atomic E-state index is 5.88. The van der Waals surface area contributed by atoms with Gasteiger partial charge in [-0.15, -0.1) is 5.10 Å². The molecule has 0 saturated carbocycles. The number of anilines is 1. The summed E-state index contributed by atoms with van der Waals surface area (Å²) in [6.45, 7) is 4.60. The van der Waals surface area contributed by atoms with Crippen molar-refractivity contribution in [1.82, 2.24) is 14.5 Å². The maximum atomic E-state index is 5.88. The summed E-state index contributed by atoms with van der Waals surface area (Å²) in [6, 6.07) is 7.92. The lowest BCUT2D eigenvalue weighted by molar-refractivity contribution is 0.315. The van der Waals surface area contributed by atoms with Crippen LogP contribution in [-0.2, 0) is 13.1 Å². The molecule has 0 radical (unpaired) electrons. The van der Waals surface area contributed by atoms with Crippen molar-refractivity contribution < 1.29 is 0 Å². The summed E-state index contributed by atoms with van der Waals surface area (Å²) in [6.07, 6.45) is 0. The number of halogens is 1. The summed E-state index contributed by atoms with van der Waals surface area (Å²) < 4.78 is 4.00. The molecule has 6 heteroatoms. The molecule has 102 valence electrons. The van der Waals surface area contributed by atoms with Gasteiger partial charge in [-0.1, -0.05) is 28.2 Å². The number of rotatable bonds is 6. The molecule has 1 aromatic carbocycles. The number of hydrogen-bond acceptors (Lipinski definition) is 5. The predicted octanol–water partition coefficient (Wildman–Crippen LogP) is 3.26. The van der Waals surface area contributed by atoms with Crippen molar-refractivity contribution in [3.8, 4) is 0 Å². The van der Waals surface area contributed by atoms with Gasteiger partial charge < -0.3 is 5.32 Å². The van der Waals surface area contributed by atoms with Gasteiger partial charge in [0, 0.05) is 36.2 Å². The normalized spacial score (nSPS) is 10.9. The van der Waals surface area contributed by atoms with E-state index >= 15 is 0 Å². The van der Waals surface area contributed by atoms with Crippen molar-refractivity contribution in [3.63, 3.8) is 0 Å². The van der Waals surface area contributed by atoms with E-state index in [1.165, 1.54) is 17.1 Å². The summed E-state index contributed by atoms with van der Waals surface area (Å²) in [5.41, 5.74) is 2.24. The van der Waals surface area contributed by atoms with Crippen LogP contribution < -0.4 is 5.32 Å². The SMILES string of the molecule is CCNc1snnc1CN(C)Cc1ccc(Cl)cc1. The molecule has 0 amide bonds. The first-order valence-electron chi connectivity index (χ1n) is 6.17. The van der Waals surface area contributed by atoms with E-state index in [0.29, 0.717) is 0 Å². The summed E-state index contributed by atoms with van der Waals surface area (Å²) in [5, 5.41) is 9.28. The Morgan fingerprint density at radius 2 is 2.00 bits per heavy atom. The second kappa shape index (κ2) is 6.84. The molecule has 19 heavy (non-hydrogen) atoms. The van der Waals surface area contributed by atoms with Crippen LogP contribution in [0.2, 0.25) is 5.02 Å². The summed E-state index contributed by atoms with van der Waals surface area (Å²) in [4.78, 5) is 2.21. The standard InChI is InChI=1S/C13H17ClN4S/c1-3-15-13-12(16-17-19-13)9-18(2)8-10-4-6-11(14)7-5-10/h4-7,15H,3,8-9H2,1-2H3. The van der Waals surface area contributed by atoms with Crippen LogP contribution >= 0.6 is 23.1 Å². The molecule has 0 spiro atoms. The highest BCUT2D eigenvalue weighted by Crippen LogP contribution is 2.19. The lowest BCUT2D eigenvalue weighted by atomic mass is 10.2. The Labute approximate surface area is 122 Å². The molecule has 0 unspecified atom stereocenters. The summed E-state index contributed by atoms with van der Waals surface area (Å²) in [7, 11) is 2.07. The van der Waals surface area contributed by atoms with Crippen LogP contribution in [0.1, 0.15) is 18.2 Å². The van der Waals surface area contributed by atoms with Crippen LogP contribution in [0.5, 0.6) is 0 Å². The Kier molecular flexibility index (Phi) is 5.13. The van der Waals surface area contributed by atoms with Crippen molar-refractivity contribution in [2.24, 2.45) is 0 Å². The van der Waals surface area contributed by atoms with E-state index in [9.17, 15) is 0 Å². The Bertz CT molecular complexity index is 512. The first-order valence-corrected chi connectivity index (χ1v) is 7.32. The third-order valence-corrected chi connectivity index (χ3v) is 3.66. The van der Waals surface area contributed by atoms with E-state index in [1.54, 1.807) is 0 Å². The van der Waals surface area contributed by atoms with Crippen LogP contribution in [0, 0.1) is 0 Å². The van der Waals surface area contributed by atoms with Crippen molar-refractivity contribution in [2.45, 2.75) is 20.0 Å². The van der Waals surface area contributed by atoms with E-state index in [0.717, 1.165) is 35.4 Å². The zero-order valence-corrected chi connectivity index (χ0v) is 12.6. The Hall–Kier alpha value is -1.17. The van der Waals surface area contributed by atoms with Gasteiger partial charge in [-0.25, -0.2) is 0 Å². The van der Waals surface area contributed by atoms with Crippen LogP contribution in [0.3, 0.4) is 0 Å². The van der Waals surface area contributed by atoms with Crippen molar-refractivity contribution >= 4 is 28.1 Å². The molecule has 1 aromatic heterocycles. The van der Waals surface area contributed by atoms with Crippen LogP contribution in [-0.4, -0.2) is 28.1 Å². The molecule has 2 aromatic rings. The number of benzene rings is 1. The molecule has 2 rings (SSSR count). The number of aromatic nitrogens is 2.